The summed E-state index contributed by atoms with van der Waals surface area (Å²) in [7, 11) is -3.12. The zero-order chi connectivity index (χ0) is 52.2. The van der Waals surface area contributed by atoms with Gasteiger partial charge in [0.2, 0.25) is 5.69 Å². The summed E-state index contributed by atoms with van der Waals surface area (Å²) in [6.45, 7) is 16.9. The van der Waals surface area contributed by atoms with Gasteiger partial charge in [-0.3, -0.25) is 9.59 Å². The zero-order valence-electron chi connectivity index (χ0n) is 43.9. The van der Waals surface area contributed by atoms with Gasteiger partial charge in [0.15, 0.2) is 5.71 Å². The second kappa shape index (κ2) is 27.0. The molecular formula is C55H69N3NaO14S+. The fourth-order valence-corrected chi connectivity index (χ4v) is 10.0. The quantitative estimate of drug-likeness (QED) is 0.0327. The van der Waals surface area contributed by atoms with E-state index in [2.05, 4.69) is 54.5 Å². The first-order chi connectivity index (χ1) is 35.0. The van der Waals surface area contributed by atoms with Gasteiger partial charge in [-0.05, 0) is 82.9 Å². The van der Waals surface area contributed by atoms with Gasteiger partial charge in [0, 0.05) is 85.5 Å². The molecule has 4 aliphatic rings. The Labute approximate surface area is 457 Å². The maximum atomic E-state index is 12.6. The van der Waals surface area contributed by atoms with Crippen molar-refractivity contribution in [2.45, 2.75) is 89.0 Å². The Morgan fingerprint density at radius 3 is 2.00 bits per heavy atom. The number of rotatable bonds is 28. The van der Waals surface area contributed by atoms with Gasteiger partial charge in [-0.2, -0.15) is 4.58 Å². The molecule has 74 heavy (non-hydrogen) atoms. The first-order valence-corrected chi connectivity index (χ1v) is 26.4. The van der Waals surface area contributed by atoms with Gasteiger partial charge in [0.05, 0.1) is 88.5 Å². The van der Waals surface area contributed by atoms with Gasteiger partial charge >= 0.3 is 35.5 Å². The number of imide groups is 1. The van der Waals surface area contributed by atoms with E-state index >= 15 is 0 Å². The van der Waals surface area contributed by atoms with Crippen molar-refractivity contribution in [3.8, 4) is 5.75 Å². The van der Waals surface area contributed by atoms with Crippen molar-refractivity contribution in [2.24, 2.45) is 0 Å². The minimum Gasteiger partial charge on any atom is -0.744 e. The normalized spacial score (nSPS) is 17.1. The van der Waals surface area contributed by atoms with Crippen LogP contribution in [0.5, 0.6) is 5.75 Å². The molecule has 0 spiro atoms. The van der Waals surface area contributed by atoms with Crippen LogP contribution in [0.1, 0.15) is 95.4 Å². The molecule has 7 rings (SSSR count). The van der Waals surface area contributed by atoms with Crippen molar-refractivity contribution in [3.63, 3.8) is 0 Å². The van der Waals surface area contributed by atoms with E-state index in [0.29, 0.717) is 127 Å². The second-order valence-corrected chi connectivity index (χ2v) is 20.7. The molecule has 394 valence electrons. The summed E-state index contributed by atoms with van der Waals surface area (Å²) in [6, 6.07) is 18.7. The molecule has 0 atom stereocenters. The summed E-state index contributed by atoms with van der Waals surface area (Å²) in [4.78, 5) is 43.7. The smallest absolute Gasteiger partial charge is 0.744 e. The van der Waals surface area contributed by atoms with Gasteiger partial charge in [0.1, 0.15) is 28.2 Å². The SMILES string of the molecule is COCCOCCOCCOCCOCCOCCN1c2cc3c(cc2C(C)=CC1(C)C)C(=CC1=[N+](CCCCCC(=O)ON2C(=O)CCC2=O)c2ccc(S(=O)(=O)[O-])cc2C1(C)C)C=C(c1ccccc1)O3.[Na+]. The third-order valence-electron chi connectivity index (χ3n) is 13.2. The Bertz CT molecular complexity index is 2700. The average Bonchev–Trinajstić information content (AvgIpc) is 3.78. The van der Waals surface area contributed by atoms with Gasteiger partial charge in [-0.1, -0.05) is 36.4 Å². The molecule has 4 heterocycles. The Morgan fingerprint density at radius 1 is 0.784 bits per heavy atom. The zero-order valence-corrected chi connectivity index (χ0v) is 46.7. The van der Waals surface area contributed by atoms with Crippen LogP contribution in [0.25, 0.3) is 16.9 Å². The fraction of sp³-hybridized carbons (Fsp3) is 0.491. The number of hydrogen-bond acceptors (Lipinski definition) is 15. The average molecular weight is 1050 g/mol. The van der Waals surface area contributed by atoms with E-state index in [4.69, 9.17) is 38.0 Å². The molecule has 1 fully saturated rings. The second-order valence-electron chi connectivity index (χ2n) is 19.3. The number of ether oxygens (including phenoxy) is 7. The first kappa shape index (κ1) is 58.7. The molecule has 0 radical (unpaired) electrons. The van der Waals surface area contributed by atoms with Crippen molar-refractivity contribution in [1.29, 1.82) is 0 Å². The van der Waals surface area contributed by atoms with E-state index in [1.807, 2.05) is 50.3 Å². The van der Waals surface area contributed by atoms with E-state index in [0.717, 1.165) is 44.9 Å². The van der Waals surface area contributed by atoms with Gasteiger partial charge in [-0.25, -0.2) is 13.2 Å². The summed E-state index contributed by atoms with van der Waals surface area (Å²) in [5, 5.41) is 0.561. The molecule has 0 unspecified atom stereocenters. The van der Waals surface area contributed by atoms with E-state index in [9.17, 15) is 27.4 Å². The molecule has 3 aromatic carbocycles. The van der Waals surface area contributed by atoms with Crippen molar-refractivity contribution in [1.82, 2.24) is 5.06 Å². The molecule has 17 nitrogen and oxygen atoms in total. The van der Waals surface area contributed by atoms with Crippen LogP contribution in [0.2, 0.25) is 0 Å². The number of carbonyl (C=O) groups is 3. The van der Waals surface area contributed by atoms with Crippen molar-refractivity contribution >= 4 is 61.9 Å². The van der Waals surface area contributed by atoms with Crippen LogP contribution in [0.3, 0.4) is 0 Å². The number of methoxy groups -OCH3 is 1. The predicted molar refractivity (Wildman–Crippen MR) is 273 cm³/mol. The molecule has 0 aromatic heterocycles. The minimum atomic E-state index is -4.75. The van der Waals surface area contributed by atoms with Gasteiger partial charge in [-0.15, -0.1) is 5.06 Å². The fourth-order valence-electron chi connectivity index (χ4n) is 9.51. The number of anilines is 1. The molecule has 0 N–H and O–H groups in total. The van der Waals surface area contributed by atoms with Crippen LogP contribution in [0.15, 0.2) is 83.8 Å². The van der Waals surface area contributed by atoms with Gasteiger partial charge < -0.3 is 47.4 Å². The molecule has 0 bridgehead atoms. The monoisotopic (exact) mass is 1050 g/mol. The molecule has 3 aromatic rings. The van der Waals surface area contributed by atoms with Crippen LogP contribution in [0, 0.1) is 0 Å². The first-order valence-electron chi connectivity index (χ1n) is 25.0. The van der Waals surface area contributed by atoms with Crippen molar-refractivity contribution < 1.29 is 99.5 Å². The summed E-state index contributed by atoms with van der Waals surface area (Å²) < 4.78 is 79.4. The Kier molecular flexibility index (Phi) is 21.4. The van der Waals surface area contributed by atoms with Gasteiger partial charge in [0.25, 0.3) is 11.8 Å². The Morgan fingerprint density at radius 2 is 1.39 bits per heavy atom. The molecule has 2 amide bonds. The molecule has 1 saturated heterocycles. The summed E-state index contributed by atoms with van der Waals surface area (Å²) >= 11 is 0. The van der Waals surface area contributed by atoms with E-state index < -0.39 is 33.3 Å². The van der Waals surface area contributed by atoms with Crippen LogP contribution >= 0.6 is 0 Å². The van der Waals surface area contributed by atoms with Crippen molar-refractivity contribution in [2.75, 3.05) is 97.8 Å². The van der Waals surface area contributed by atoms with Crippen LogP contribution < -0.4 is 39.2 Å². The Balaban J connectivity index is 0.00000892. The van der Waals surface area contributed by atoms with E-state index in [1.54, 1.807) is 13.2 Å². The maximum absolute atomic E-state index is 12.6. The standard InChI is InChI=1S/C55H69N3O14S.Na/c1-39-38-54(2,3)57(21-22-66-25-26-68-29-30-70-32-31-69-28-27-67-24-23-65-6)47-37-49-44(36-43(39)47)41(33-48(71-49)40-13-9-7-10-14-40)34-50-55(4,5)45-35-42(73(62,63)64)16-17-46(45)56(50)20-12-8-11-15-53(61)72-58-51(59)18-19-52(58)60;/h7,9-10,13-14,16-17,33-38H,8,11-12,15,18-32H2,1-6H3;/q;+1. The maximum Gasteiger partial charge on any atom is 1.00 e. The van der Waals surface area contributed by atoms with Crippen molar-refractivity contribution in [3.05, 3.63) is 101 Å². The minimum absolute atomic E-state index is 0. The summed E-state index contributed by atoms with van der Waals surface area (Å²) in [6.07, 6.45) is 8.18. The molecule has 0 aliphatic carbocycles. The van der Waals surface area contributed by atoms with Crippen LogP contribution in [-0.2, 0) is 63.2 Å². The molecular weight excluding hydrogens is 982 g/mol. The predicted octanol–water partition coefficient (Wildman–Crippen LogP) is 4.39. The number of carbonyl (C=O) groups excluding carboxylic acids is 3. The van der Waals surface area contributed by atoms with Crippen LogP contribution in [0.4, 0.5) is 11.4 Å². The number of unbranched alkanes of at least 4 members (excludes halogenated alkanes) is 2. The number of fused-ring (bicyclic) bond motifs is 3. The molecule has 19 heteroatoms. The largest absolute Gasteiger partial charge is 1.00 e. The third-order valence-corrected chi connectivity index (χ3v) is 14.1. The van der Waals surface area contributed by atoms with E-state index in [-0.39, 0.29) is 59.3 Å². The topological polar surface area (TPSA) is 192 Å². The summed E-state index contributed by atoms with van der Waals surface area (Å²) in [5.74, 6) is -0.384. The number of hydroxylamine groups is 2. The number of hydrogen-bond donors (Lipinski definition) is 0. The Hall–Kier alpha value is -4.57. The summed E-state index contributed by atoms with van der Waals surface area (Å²) in [5.41, 5.74) is 7.02. The number of amides is 2. The molecule has 4 aliphatic heterocycles. The third kappa shape index (κ3) is 14.9. The molecule has 0 saturated carbocycles. The van der Waals surface area contributed by atoms with E-state index in [1.165, 1.54) is 12.1 Å². The number of benzene rings is 3. The van der Waals surface area contributed by atoms with Crippen LogP contribution in [-0.4, -0.2) is 145 Å². The number of allylic oxidation sites excluding steroid dienone is 4. The number of nitrogens with zero attached hydrogens (tertiary/aromatic N) is 3.